The van der Waals surface area contributed by atoms with Crippen LogP contribution in [0.3, 0.4) is 0 Å². The summed E-state index contributed by atoms with van der Waals surface area (Å²) in [7, 11) is 0. The predicted molar refractivity (Wildman–Crippen MR) is 284 cm³/mol. The van der Waals surface area contributed by atoms with Crippen LogP contribution in [0.1, 0.15) is 296 Å². The van der Waals surface area contributed by atoms with E-state index in [2.05, 4.69) is 26.0 Å². The van der Waals surface area contributed by atoms with Gasteiger partial charge in [-0.15, -0.1) is 0 Å². The van der Waals surface area contributed by atoms with Gasteiger partial charge in [0.05, 0.1) is 13.2 Å². The molecule has 408 valence electrons. The molecule has 69 heavy (non-hydrogen) atoms. The summed E-state index contributed by atoms with van der Waals surface area (Å²) in [4.78, 5) is 25.6. The lowest BCUT2D eigenvalue weighted by atomic mass is 9.99. The molecule has 0 bridgehead atoms. The second-order valence-electron chi connectivity index (χ2n) is 20.8. The third-order valence-corrected chi connectivity index (χ3v) is 14.2. The Morgan fingerprint density at radius 3 is 1.13 bits per heavy atom. The topological polar surface area (TPSA) is 152 Å². The molecular formula is C59H112O10. The number of esters is 2. The lowest BCUT2D eigenvalue weighted by molar-refractivity contribution is -0.305. The second kappa shape index (κ2) is 50.0. The molecule has 10 heteroatoms. The van der Waals surface area contributed by atoms with Crippen LogP contribution in [0.4, 0.5) is 0 Å². The van der Waals surface area contributed by atoms with E-state index in [4.69, 9.17) is 18.9 Å². The smallest absolute Gasteiger partial charge is 0.306 e. The third kappa shape index (κ3) is 40.6. The van der Waals surface area contributed by atoms with E-state index < -0.39 is 49.4 Å². The highest BCUT2D eigenvalue weighted by Gasteiger charge is 2.44. The van der Waals surface area contributed by atoms with Gasteiger partial charge in [-0.1, -0.05) is 257 Å². The number of hydrogen-bond donors (Lipinski definition) is 4. The summed E-state index contributed by atoms with van der Waals surface area (Å²) in [5.74, 6) is -0.788. The van der Waals surface area contributed by atoms with E-state index in [1.807, 2.05) is 0 Å². The van der Waals surface area contributed by atoms with Gasteiger partial charge < -0.3 is 39.4 Å². The number of aliphatic hydroxyl groups excluding tert-OH is 4. The van der Waals surface area contributed by atoms with E-state index in [1.165, 1.54) is 225 Å². The highest BCUT2D eigenvalue weighted by molar-refractivity contribution is 5.70. The summed E-state index contributed by atoms with van der Waals surface area (Å²) < 4.78 is 22.3. The molecule has 10 nitrogen and oxygen atoms in total. The molecule has 1 aliphatic heterocycles. The monoisotopic (exact) mass is 981 g/mol. The second-order valence-corrected chi connectivity index (χ2v) is 20.8. The van der Waals surface area contributed by atoms with Crippen molar-refractivity contribution in [3.63, 3.8) is 0 Å². The Bertz CT molecular complexity index is 1130. The molecule has 0 aromatic carbocycles. The highest BCUT2D eigenvalue weighted by Crippen LogP contribution is 2.23. The zero-order valence-electron chi connectivity index (χ0n) is 45.1. The van der Waals surface area contributed by atoms with Gasteiger partial charge in [0.15, 0.2) is 12.4 Å². The van der Waals surface area contributed by atoms with Crippen LogP contribution in [-0.4, -0.2) is 89.0 Å². The van der Waals surface area contributed by atoms with Crippen LogP contribution in [-0.2, 0) is 28.5 Å². The van der Waals surface area contributed by atoms with Crippen molar-refractivity contribution >= 4 is 11.9 Å². The van der Waals surface area contributed by atoms with Crippen LogP contribution in [0, 0.1) is 0 Å². The van der Waals surface area contributed by atoms with Crippen molar-refractivity contribution in [2.45, 2.75) is 333 Å². The van der Waals surface area contributed by atoms with Crippen LogP contribution in [0.2, 0.25) is 0 Å². The van der Waals surface area contributed by atoms with Gasteiger partial charge >= 0.3 is 11.9 Å². The van der Waals surface area contributed by atoms with Gasteiger partial charge in [0.1, 0.15) is 31.0 Å². The van der Waals surface area contributed by atoms with Crippen LogP contribution in [0.15, 0.2) is 12.2 Å². The fourth-order valence-electron chi connectivity index (χ4n) is 9.48. The number of carbonyl (C=O) groups excluding carboxylic acids is 2. The Balaban J connectivity index is 2.18. The number of aliphatic hydroxyl groups is 4. The Morgan fingerprint density at radius 2 is 0.768 bits per heavy atom. The molecule has 4 N–H and O–H groups in total. The zero-order chi connectivity index (χ0) is 50.1. The Labute approximate surface area is 424 Å². The van der Waals surface area contributed by atoms with Gasteiger partial charge in [-0.2, -0.15) is 0 Å². The normalized spacial score (nSPS) is 18.8. The maximum Gasteiger partial charge on any atom is 0.306 e. The SMILES string of the molecule is CCCCCCCCCC/C=C\CCCCCCCCCCCC(=O)OC(COC(=O)CCCCCCCCCCCCCCCCCCCCCCCCC)COC1OC(CO)C(O)C(O)C1O. The highest BCUT2D eigenvalue weighted by atomic mass is 16.7. The van der Waals surface area contributed by atoms with Crippen LogP contribution in [0.5, 0.6) is 0 Å². The van der Waals surface area contributed by atoms with Crippen LogP contribution < -0.4 is 0 Å². The summed E-state index contributed by atoms with van der Waals surface area (Å²) in [5.41, 5.74) is 0. The summed E-state index contributed by atoms with van der Waals surface area (Å²) in [6.45, 7) is 3.49. The van der Waals surface area contributed by atoms with Crippen LogP contribution >= 0.6 is 0 Å². The summed E-state index contributed by atoms with van der Waals surface area (Å²) in [6.07, 6.45) is 50.9. The van der Waals surface area contributed by atoms with Crippen LogP contribution in [0.25, 0.3) is 0 Å². The molecule has 0 saturated carbocycles. The van der Waals surface area contributed by atoms with Crippen molar-refractivity contribution in [2.75, 3.05) is 19.8 Å². The number of ether oxygens (including phenoxy) is 4. The molecule has 6 unspecified atom stereocenters. The largest absolute Gasteiger partial charge is 0.462 e. The third-order valence-electron chi connectivity index (χ3n) is 14.2. The van der Waals surface area contributed by atoms with E-state index >= 15 is 0 Å². The molecule has 0 spiro atoms. The minimum Gasteiger partial charge on any atom is -0.462 e. The minimum absolute atomic E-state index is 0.211. The Morgan fingerprint density at radius 1 is 0.435 bits per heavy atom. The molecule has 1 aliphatic rings. The van der Waals surface area contributed by atoms with Crippen molar-refractivity contribution in [2.24, 2.45) is 0 Å². The lowest BCUT2D eigenvalue weighted by Crippen LogP contribution is -2.59. The minimum atomic E-state index is -1.59. The van der Waals surface area contributed by atoms with Crippen molar-refractivity contribution in [3.05, 3.63) is 12.2 Å². The van der Waals surface area contributed by atoms with Gasteiger partial charge in [-0.3, -0.25) is 9.59 Å². The molecule has 1 saturated heterocycles. The van der Waals surface area contributed by atoms with Gasteiger partial charge in [-0.25, -0.2) is 0 Å². The molecule has 0 radical (unpaired) electrons. The lowest BCUT2D eigenvalue weighted by Gasteiger charge is -2.39. The van der Waals surface area contributed by atoms with Crippen molar-refractivity contribution < 1.29 is 49.0 Å². The van der Waals surface area contributed by atoms with Gasteiger partial charge in [0.2, 0.25) is 0 Å². The number of unbranched alkanes of at least 4 members (excludes halogenated alkanes) is 39. The molecule has 0 aromatic heterocycles. The number of rotatable bonds is 52. The zero-order valence-corrected chi connectivity index (χ0v) is 45.1. The number of carbonyl (C=O) groups is 2. The number of hydrogen-bond acceptors (Lipinski definition) is 10. The van der Waals surface area contributed by atoms with Crippen molar-refractivity contribution in [1.82, 2.24) is 0 Å². The fraction of sp³-hybridized carbons (Fsp3) is 0.932. The first-order chi connectivity index (χ1) is 33.8. The van der Waals surface area contributed by atoms with Crippen molar-refractivity contribution in [1.29, 1.82) is 0 Å². The molecule has 0 amide bonds. The predicted octanol–water partition coefficient (Wildman–Crippen LogP) is 15.0. The Hall–Kier alpha value is -1.56. The standard InChI is InChI=1S/C59H112O10/c1-3-5-7-9-11-13-15-17-19-21-23-25-26-28-29-31-33-35-37-39-41-43-45-47-54(61)66-50-52(51-67-59-58(65)57(64)56(63)53(49-60)69-59)68-55(62)48-46-44-42-40-38-36-34-32-30-27-24-22-20-18-16-14-12-10-8-6-4-2/h22,24,52-53,56-60,63-65H,3-21,23,25-51H2,1-2H3/b24-22-. The molecule has 6 atom stereocenters. The first-order valence-corrected chi connectivity index (χ1v) is 29.8. The van der Waals surface area contributed by atoms with E-state index in [9.17, 15) is 30.0 Å². The van der Waals surface area contributed by atoms with Gasteiger partial charge in [0, 0.05) is 12.8 Å². The van der Waals surface area contributed by atoms with Gasteiger partial charge in [-0.05, 0) is 38.5 Å². The number of allylic oxidation sites excluding steroid dienone is 2. The average Bonchev–Trinajstić information content (AvgIpc) is 3.35. The molecule has 1 rings (SSSR count). The average molecular weight is 982 g/mol. The molecule has 0 aromatic rings. The quantitative estimate of drug-likeness (QED) is 0.0263. The van der Waals surface area contributed by atoms with Gasteiger partial charge in [0.25, 0.3) is 0 Å². The van der Waals surface area contributed by atoms with E-state index in [-0.39, 0.29) is 32.0 Å². The van der Waals surface area contributed by atoms with E-state index in [0.717, 1.165) is 38.5 Å². The first kappa shape index (κ1) is 65.5. The molecular weight excluding hydrogens is 869 g/mol. The summed E-state index contributed by atoms with van der Waals surface area (Å²) >= 11 is 0. The fourth-order valence-corrected chi connectivity index (χ4v) is 9.48. The molecule has 1 heterocycles. The summed E-state index contributed by atoms with van der Waals surface area (Å²) in [5, 5.41) is 40.3. The van der Waals surface area contributed by atoms with E-state index in [0.29, 0.717) is 6.42 Å². The summed E-state index contributed by atoms with van der Waals surface area (Å²) in [6, 6.07) is 0. The molecule has 1 fully saturated rings. The molecule has 0 aliphatic carbocycles. The first-order valence-electron chi connectivity index (χ1n) is 29.8. The Kier molecular flexibility index (Phi) is 47.4. The van der Waals surface area contributed by atoms with Crippen molar-refractivity contribution in [3.8, 4) is 0 Å². The maximum atomic E-state index is 12.9. The maximum absolute atomic E-state index is 12.9. The van der Waals surface area contributed by atoms with E-state index in [1.54, 1.807) is 0 Å².